The molecule has 1 unspecified atom stereocenters. The van der Waals surface area contributed by atoms with Gasteiger partial charge in [0, 0.05) is 19.8 Å². The lowest BCUT2D eigenvalue weighted by Gasteiger charge is -2.34. The van der Waals surface area contributed by atoms with Gasteiger partial charge in [0.2, 0.25) is 0 Å². The van der Waals surface area contributed by atoms with Gasteiger partial charge in [0.05, 0.1) is 4.87 Å². The van der Waals surface area contributed by atoms with Crippen LogP contribution in [0.3, 0.4) is 0 Å². The van der Waals surface area contributed by atoms with E-state index in [1.54, 1.807) is 0 Å². The molecule has 25 heavy (non-hydrogen) atoms. The van der Waals surface area contributed by atoms with E-state index in [1.165, 1.54) is 63.5 Å². The normalized spacial score (nSPS) is 13.3. The topological polar surface area (TPSA) is 27.7 Å². The van der Waals surface area contributed by atoms with Gasteiger partial charge in [-0.25, -0.2) is 0 Å². The van der Waals surface area contributed by atoms with E-state index in [2.05, 4.69) is 13.8 Å². The van der Waals surface area contributed by atoms with E-state index >= 15 is 0 Å². The Labute approximate surface area is 163 Å². The van der Waals surface area contributed by atoms with Crippen molar-refractivity contribution in [3.63, 3.8) is 0 Å². The van der Waals surface area contributed by atoms with E-state index in [0.717, 1.165) is 6.42 Å². The van der Waals surface area contributed by atoms with Crippen LogP contribution in [0.25, 0.3) is 0 Å². The molecule has 0 aliphatic carbocycles. The van der Waals surface area contributed by atoms with Gasteiger partial charge in [-0.2, -0.15) is 11.8 Å². The number of thioether (sulfide) groups is 1. The lowest BCUT2D eigenvalue weighted by Crippen LogP contribution is -2.55. The zero-order chi connectivity index (χ0) is 18.8. The number of unbranched alkanes of at least 4 members (excludes halogenated alkanes) is 8. The predicted molar refractivity (Wildman–Crippen MR) is 114 cm³/mol. The largest absolute Gasteiger partial charge is 0.514 e. The van der Waals surface area contributed by atoms with Gasteiger partial charge < -0.3 is 13.3 Å². The minimum atomic E-state index is -2.56. The van der Waals surface area contributed by atoms with Gasteiger partial charge in [-0.1, -0.05) is 65.2 Å². The van der Waals surface area contributed by atoms with Crippen molar-refractivity contribution in [2.24, 2.45) is 0 Å². The Morgan fingerprint density at radius 3 is 1.48 bits per heavy atom. The van der Waals surface area contributed by atoms with Crippen molar-refractivity contribution in [2.45, 2.75) is 104 Å². The summed E-state index contributed by atoms with van der Waals surface area (Å²) in [5, 5.41) is 0. The number of rotatable bonds is 19. The zero-order valence-corrected chi connectivity index (χ0v) is 19.4. The summed E-state index contributed by atoms with van der Waals surface area (Å²) in [7, 11) is -2.56. The average molecular weight is 393 g/mol. The molecule has 0 aromatic carbocycles. The highest BCUT2D eigenvalue weighted by molar-refractivity contribution is 8.01. The molecule has 152 valence electrons. The van der Waals surface area contributed by atoms with Gasteiger partial charge in [-0.05, 0) is 39.4 Å². The van der Waals surface area contributed by atoms with Crippen LogP contribution in [0.15, 0.2) is 0 Å². The third-order valence-corrected chi connectivity index (χ3v) is 10.3. The second-order valence-corrected chi connectivity index (χ2v) is 11.0. The zero-order valence-electron chi connectivity index (χ0n) is 17.6. The van der Waals surface area contributed by atoms with Crippen molar-refractivity contribution in [2.75, 3.05) is 25.6 Å². The number of hydrogen-bond donors (Lipinski definition) is 0. The molecule has 3 nitrogen and oxygen atoms in total. The van der Waals surface area contributed by atoms with Crippen LogP contribution < -0.4 is 0 Å². The van der Waals surface area contributed by atoms with E-state index in [9.17, 15) is 0 Å². The van der Waals surface area contributed by atoms with Crippen LogP contribution in [0.1, 0.15) is 98.8 Å². The highest BCUT2D eigenvalue weighted by atomic mass is 32.2. The molecule has 0 aromatic rings. The molecule has 0 saturated heterocycles. The van der Waals surface area contributed by atoms with Crippen molar-refractivity contribution in [1.29, 1.82) is 0 Å². The Balaban J connectivity index is 4.07. The van der Waals surface area contributed by atoms with E-state index in [-0.39, 0.29) is 0 Å². The molecule has 0 fully saturated rings. The molecule has 0 saturated carbocycles. The van der Waals surface area contributed by atoms with Crippen LogP contribution in [0.2, 0.25) is 0 Å². The Morgan fingerprint density at radius 2 is 1.08 bits per heavy atom. The van der Waals surface area contributed by atoms with Crippen molar-refractivity contribution in [3.8, 4) is 0 Å². The van der Waals surface area contributed by atoms with Crippen molar-refractivity contribution in [3.05, 3.63) is 0 Å². The standard InChI is InChI=1S/C20H44O3SSi/c1-6-11-12-13-14-15-16-17-18-19-24-20(7-2)25(21-8-3,22-9-4)23-10-5/h20H,6-19H2,1-5H3. The summed E-state index contributed by atoms with van der Waals surface area (Å²) in [4.78, 5) is 0.362. The summed E-state index contributed by atoms with van der Waals surface area (Å²) in [5.41, 5.74) is 0. The summed E-state index contributed by atoms with van der Waals surface area (Å²) in [5.74, 6) is 1.19. The van der Waals surface area contributed by atoms with E-state index in [4.69, 9.17) is 13.3 Å². The summed E-state index contributed by atoms with van der Waals surface area (Å²) < 4.78 is 18.2. The maximum atomic E-state index is 6.08. The average Bonchev–Trinajstić information content (AvgIpc) is 2.60. The molecule has 0 amide bonds. The fourth-order valence-electron chi connectivity index (χ4n) is 3.12. The molecule has 0 aliphatic rings. The summed E-state index contributed by atoms with van der Waals surface area (Å²) in [6, 6.07) is 0. The SMILES string of the molecule is CCCCCCCCCCCSC(CC)[Si](OCC)(OCC)OCC. The van der Waals surface area contributed by atoms with Crippen LogP contribution >= 0.6 is 11.8 Å². The van der Waals surface area contributed by atoms with E-state index < -0.39 is 8.80 Å². The molecule has 0 heterocycles. The fourth-order valence-corrected chi connectivity index (χ4v) is 8.30. The first-order chi connectivity index (χ1) is 12.2. The minimum Gasteiger partial charge on any atom is -0.373 e. The van der Waals surface area contributed by atoms with Crippen LogP contribution in [-0.4, -0.2) is 39.3 Å². The van der Waals surface area contributed by atoms with Crippen molar-refractivity contribution in [1.82, 2.24) is 0 Å². The molecule has 0 radical (unpaired) electrons. The summed E-state index contributed by atoms with van der Waals surface area (Å²) in [6.45, 7) is 12.6. The van der Waals surface area contributed by atoms with Crippen molar-refractivity contribution >= 4 is 20.6 Å². The van der Waals surface area contributed by atoms with Gasteiger partial charge in [-0.3, -0.25) is 0 Å². The Kier molecular flexibility index (Phi) is 18.2. The molecular formula is C20H44O3SSi. The third-order valence-electron chi connectivity index (χ3n) is 4.37. The fraction of sp³-hybridized carbons (Fsp3) is 1.00. The van der Waals surface area contributed by atoms with Gasteiger partial charge >= 0.3 is 8.80 Å². The van der Waals surface area contributed by atoms with Crippen LogP contribution in [0, 0.1) is 0 Å². The van der Waals surface area contributed by atoms with E-state index in [0.29, 0.717) is 24.7 Å². The highest BCUT2D eigenvalue weighted by Gasteiger charge is 2.48. The second-order valence-electron chi connectivity index (χ2n) is 6.50. The smallest absolute Gasteiger partial charge is 0.373 e. The van der Waals surface area contributed by atoms with Gasteiger partial charge in [-0.15, -0.1) is 0 Å². The molecular weight excluding hydrogens is 348 g/mol. The quantitative estimate of drug-likeness (QED) is 0.182. The van der Waals surface area contributed by atoms with Gasteiger partial charge in [0.15, 0.2) is 0 Å². The second kappa shape index (κ2) is 17.8. The lowest BCUT2D eigenvalue weighted by atomic mass is 10.1. The molecule has 5 heteroatoms. The maximum Gasteiger partial charge on any atom is 0.514 e. The number of hydrogen-bond acceptors (Lipinski definition) is 4. The van der Waals surface area contributed by atoms with Gasteiger partial charge in [0.1, 0.15) is 0 Å². The monoisotopic (exact) mass is 392 g/mol. The molecule has 0 bridgehead atoms. The summed E-state index contributed by atoms with van der Waals surface area (Å²) in [6.07, 6.45) is 13.5. The molecule has 0 N–H and O–H groups in total. The lowest BCUT2D eigenvalue weighted by molar-refractivity contribution is 0.0692. The van der Waals surface area contributed by atoms with E-state index in [1.807, 2.05) is 32.5 Å². The highest BCUT2D eigenvalue weighted by Crippen LogP contribution is 2.29. The first-order valence-electron chi connectivity index (χ1n) is 10.7. The first-order valence-corrected chi connectivity index (χ1v) is 13.6. The first kappa shape index (κ1) is 25.4. The maximum absolute atomic E-state index is 6.08. The Hall–Kier alpha value is 0.447. The van der Waals surface area contributed by atoms with Crippen molar-refractivity contribution < 1.29 is 13.3 Å². The Morgan fingerprint density at radius 1 is 0.640 bits per heavy atom. The molecule has 0 rings (SSSR count). The minimum absolute atomic E-state index is 0.362. The molecule has 1 atom stereocenters. The molecule has 0 aliphatic heterocycles. The van der Waals surface area contributed by atoms with Crippen LogP contribution in [0.5, 0.6) is 0 Å². The van der Waals surface area contributed by atoms with Crippen LogP contribution in [-0.2, 0) is 13.3 Å². The molecule has 0 aromatic heterocycles. The third kappa shape index (κ3) is 11.7. The predicted octanol–water partition coefficient (Wildman–Crippen LogP) is 6.62. The van der Waals surface area contributed by atoms with Gasteiger partial charge in [0.25, 0.3) is 0 Å². The van der Waals surface area contributed by atoms with Crippen LogP contribution in [0.4, 0.5) is 0 Å². The summed E-state index contributed by atoms with van der Waals surface area (Å²) >= 11 is 2.01. The Bertz CT molecular complexity index is 263. The molecule has 0 spiro atoms.